The molecule has 0 amide bonds. The molecule has 0 bridgehead atoms. The highest BCUT2D eigenvalue weighted by atomic mass is 31.2. The van der Waals surface area contributed by atoms with Gasteiger partial charge >= 0.3 is 19.8 Å². The molecule has 0 aromatic carbocycles. The number of esters is 2. The number of carbonyl (C=O) groups excluding carboxylic acids is 2. The number of unbranched alkanes of at least 4 members (excludes halogenated alkanes) is 25. The molecule has 1 fully saturated rings. The minimum absolute atomic E-state index is 0.0919. The Morgan fingerprint density at radius 1 is 0.484 bits per heavy atom. The van der Waals surface area contributed by atoms with E-state index >= 15 is 0 Å². The fourth-order valence-corrected chi connectivity index (χ4v) is 8.49. The van der Waals surface area contributed by atoms with Crippen LogP contribution in [0.2, 0.25) is 0 Å². The van der Waals surface area contributed by atoms with E-state index in [1.54, 1.807) is 0 Å². The van der Waals surface area contributed by atoms with Gasteiger partial charge in [-0.2, -0.15) is 0 Å². The largest absolute Gasteiger partial charge is 0.472 e. The first-order chi connectivity index (χ1) is 29.9. The molecule has 0 heterocycles. The lowest BCUT2D eigenvalue weighted by Crippen LogP contribution is -2.64. The summed E-state index contributed by atoms with van der Waals surface area (Å²) in [6.45, 7) is 3.30. The van der Waals surface area contributed by atoms with Crippen LogP contribution in [-0.2, 0) is 32.7 Å². The number of hydrogen-bond acceptors (Lipinski definition) is 12. The Bertz CT molecular complexity index is 1180. The molecule has 14 heteroatoms. The summed E-state index contributed by atoms with van der Waals surface area (Å²) in [5.41, 5.74) is 0. The zero-order valence-corrected chi connectivity index (χ0v) is 39.6. The van der Waals surface area contributed by atoms with E-state index in [1.807, 2.05) is 0 Å². The molecule has 364 valence electrons. The van der Waals surface area contributed by atoms with Gasteiger partial charge in [-0.3, -0.25) is 18.6 Å². The summed E-state index contributed by atoms with van der Waals surface area (Å²) in [6, 6.07) is 0. The third kappa shape index (κ3) is 30.5. The zero-order chi connectivity index (χ0) is 45.7. The Morgan fingerprint density at radius 2 is 0.823 bits per heavy atom. The molecule has 6 atom stereocenters. The summed E-state index contributed by atoms with van der Waals surface area (Å²) in [7, 11) is -5.12. The Hall–Kier alpha value is -1.67. The van der Waals surface area contributed by atoms with Crippen molar-refractivity contribution < 1.29 is 63.1 Å². The van der Waals surface area contributed by atoms with Gasteiger partial charge in [0.15, 0.2) is 6.10 Å². The van der Waals surface area contributed by atoms with Gasteiger partial charge in [-0.1, -0.05) is 160 Å². The first kappa shape index (κ1) is 58.3. The van der Waals surface area contributed by atoms with E-state index in [9.17, 15) is 44.6 Å². The standard InChI is InChI=1S/C48H89O13P/c1-3-5-7-9-11-13-15-17-19-21-23-25-27-29-31-33-35-37-42(50)60-40(39-59-62(56,57)61-48-46(54)44(52)43(51)45(53)47(48)55)38-58-41(49)36-34-32-30-28-26-24-22-20-18-16-14-12-10-8-6-4-2/h17,19-20,22,40,43-48,51-55H,3-16,18,21,23-39H2,1-2H3,(H,56,57)/b19-17-,22-20-. The number of ether oxygens (including phenoxy) is 2. The molecule has 1 saturated carbocycles. The van der Waals surface area contributed by atoms with Crippen molar-refractivity contribution in [1.82, 2.24) is 0 Å². The molecule has 0 radical (unpaired) electrons. The molecule has 0 spiro atoms. The minimum Gasteiger partial charge on any atom is -0.462 e. The molecular weight excluding hydrogens is 815 g/mol. The van der Waals surface area contributed by atoms with Gasteiger partial charge in [0.2, 0.25) is 0 Å². The average Bonchev–Trinajstić information content (AvgIpc) is 3.25. The molecule has 1 aliphatic rings. The van der Waals surface area contributed by atoms with Gasteiger partial charge in [0.25, 0.3) is 0 Å². The lowest BCUT2D eigenvalue weighted by Gasteiger charge is -2.41. The van der Waals surface area contributed by atoms with Crippen molar-refractivity contribution in [2.45, 2.75) is 256 Å². The smallest absolute Gasteiger partial charge is 0.462 e. The Labute approximate surface area is 375 Å². The Kier molecular flexibility index (Phi) is 36.3. The second-order valence-electron chi connectivity index (χ2n) is 17.3. The molecule has 62 heavy (non-hydrogen) atoms. The van der Waals surface area contributed by atoms with Crippen molar-refractivity contribution in [3.05, 3.63) is 24.3 Å². The highest BCUT2D eigenvalue weighted by molar-refractivity contribution is 7.47. The molecule has 13 nitrogen and oxygen atoms in total. The molecule has 6 N–H and O–H groups in total. The van der Waals surface area contributed by atoms with Crippen molar-refractivity contribution in [3.8, 4) is 0 Å². The molecule has 0 aromatic heterocycles. The van der Waals surface area contributed by atoms with Gasteiger partial charge < -0.3 is 39.9 Å². The number of rotatable bonds is 41. The van der Waals surface area contributed by atoms with Crippen molar-refractivity contribution in [1.29, 1.82) is 0 Å². The molecule has 1 rings (SSSR count). The molecule has 1 aliphatic carbocycles. The topological polar surface area (TPSA) is 210 Å². The quantitative estimate of drug-likeness (QED) is 0.0146. The lowest BCUT2D eigenvalue weighted by molar-refractivity contribution is -0.220. The van der Waals surface area contributed by atoms with E-state index in [-0.39, 0.29) is 12.8 Å². The third-order valence-electron chi connectivity index (χ3n) is 11.5. The number of phosphoric ester groups is 1. The number of hydrogen-bond donors (Lipinski definition) is 6. The first-order valence-corrected chi connectivity index (χ1v) is 26.1. The van der Waals surface area contributed by atoms with Crippen LogP contribution in [0.4, 0.5) is 0 Å². The lowest BCUT2D eigenvalue weighted by atomic mass is 9.85. The summed E-state index contributed by atoms with van der Waals surface area (Å²) in [5.74, 6) is -1.11. The van der Waals surface area contributed by atoms with Crippen LogP contribution < -0.4 is 0 Å². The van der Waals surface area contributed by atoms with Crippen LogP contribution in [0.25, 0.3) is 0 Å². The number of aliphatic hydroxyl groups excluding tert-OH is 5. The summed E-state index contributed by atoms with van der Waals surface area (Å²) >= 11 is 0. The molecule has 0 saturated heterocycles. The fraction of sp³-hybridized carbons (Fsp3) is 0.875. The van der Waals surface area contributed by atoms with Crippen molar-refractivity contribution in [2.75, 3.05) is 13.2 Å². The molecule has 6 unspecified atom stereocenters. The van der Waals surface area contributed by atoms with Gasteiger partial charge in [-0.15, -0.1) is 0 Å². The van der Waals surface area contributed by atoms with Gasteiger partial charge in [-0.25, -0.2) is 4.57 Å². The zero-order valence-electron chi connectivity index (χ0n) is 38.7. The average molecular weight is 905 g/mol. The van der Waals surface area contributed by atoms with Gasteiger partial charge in [-0.05, 0) is 64.2 Å². The summed E-state index contributed by atoms with van der Waals surface area (Å²) in [4.78, 5) is 35.8. The van der Waals surface area contributed by atoms with Crippen LogP contribution in [0.3, 0.4) is 0 Å². The highest BCUT2D eigenvalue weighted by Gasteiger charge is 2.51. The summed E-state index contributed by atoms with van der Waals surface area (Å²) in [5, 5.41) is 50.2. The molecule has 0 aliphatic heterocycles. The SMILES string of the molecule is CCCCCCCC/C=C\CCCCCCCCCC(=O)OC(COC(=O)CCCCCCC/C=C\CCCCCCCCC)COP(=O)(O)OC1C(O)C(O)C(O)C(O)C1O. The van der Waals surface area contributed by atoms with Crippen molar-refractivity contribution in [3.63, 3.8) is 0 Å². The number of phosphoric acid groups is 1. The van der Waals surface area contributed by atoms with Crippen LogP contribution in [0.1, 0.15) is 213 Å². The summed E-state index contributed by atoms with van der Waals surface area (Å²) in [6.07, 6.45) is 29.4. The molecular formula is C48H89O13P. The maximum atomic E-state index is 12.8. The van der Waals surface area contributed by atoms with Gasteiger partial charge in [0.1, 0.15) is 43.2 Å². The Morgan fingerprint density at radius 3 is 1.23 bits per heavy atom. The highest BCUT2D eigenvalue weighted by Crippen LogP contribution is 2.47. The molecule has 0 aromatic rings. The Balaban J connectivity index is 2.43. The van der Waals surface area contributed by atoms with Gasteiger partial charge in [0, 0.05) is 12.8 Å². The normalized spacial score (nSPS) is 22.0. The second-order valence-corrected chi connectivity index (χ2v) is 18.7. The second kappa shape index (κ2) is 38.6. The van der Waals surface area contributed by atoms with E-state index in [0.717, 1.165) is 70.6 Å². The van der Waals surface area contributed by atoms with E-state index in [1.165, 1.54) is 103 Å². The van der Waals surface area contributed by atoms with Crippen LogP contribution in [-0.4, -0.2) is 98.3 Å². The minimum atomic E-state index is -5.12. The monoisotopic (exact) mass is 905 g/mol. The maximum absolute atomic E-state index is 12.8. The maximum Gasteiger partial charge on any atom is 0.472 e. The fourth-order valence-electron chi connectivity index (χ4n) is 7.51. The van der Waals surface area contributed by atoms with E-state index < -0.39 is 75.7 Å². The summed E-state index contributed by atoms with van der Waals surface area (Å²) < 4.78 is 33.6. The van der Waals surface area contributed by atoms with E-state index in [0.29, 0.717) is 12.8 Å². The van der Waals surface area contributed by atoms with E-state index in [4.69, 9.17) is 18.5 Å². The van der Waals surface area contributed by atoms with Crippen LogP contribution >= 0.6 is 7.82 Å². The predicted octanol–water partition coefficient (Wildman–Crippen LogP) is 10.0. The number of carbonyl (C=O) groups is 2. The van der Waals surface area contributed by atoms with E-state index in [2.05, 4.69) is 38.2 Å². The number of aliphatic hydroxyl groups is 5. The van der Waals surface area contributed by atoms with Crippen molar-refractivity contribution >= 4 is 19.8 Å². The van der Waals surface area contributed by atoms with Crippen LogP contribution in [0.5, 0.6) is 0 Å². The first-order valence-electron chi connectivity index (χ1n) is 24.6. The van der Waals surface area contributed by atoms with Crippen LogP contribution in [0, 0.1) is 0 Å². The van der Waals surface area contributed by atoms with Crippen molar-refractivity contribution in [2.24, 2.45) is 0 Å². The predicted molar refractivity (Wildman–Crippen MR) is 244 cm³/mol. The van der Waals surface area contributed by atoms with Crippen LogP contribution in [0.15, 0.2) is 24.3 Å². The number of allylic oxidation sites excluding steroid dienone is 4. The third-order valence-corrected chi connectivity index (χ3v) is 12.5. The van der Waals surface area contributed by atoms with Gasteiger partial charge in [0.05, 0.1) is 6.61 Å².